The number of thioether (sulfide) groups is 1. The third-order valence-electron chi connectivity index (χ3n) is 3.19. The van der Waals surface area contributed by atoms with Gasteiger partial charge in [0.05, 0.1) is 6.10 Å². The average Bonchev–Trinajstić information content (AvgIpc) is 2.47. The lowest BCUT2D eigenvalue weighted by atomic mass is 10.2. The molecule has 0 radical (unpaired) electrons. The van der Waals surface area contributed by atoms with Gasteiger partial charge >= 0.3 is 0 Å². The average molecular weight is 324 g/mol. The van der Waals surface area contributed by atoms with E-state index in [0.29, 0.717) is 6.54 Å². The smallest absolute Gasteiger partial charge is 0.191 e. The molecule has 4 nitrogen and oxygen atoms in total. The molecule has 0 spiro atoms. The second-order valence-electron chi connectivity index (χ2n) is 6.06. The molecule has 1 aromatic carbocycles. The van der Waals surface area contributed by atoms with Gasteiger partial charge in [0.25, 0.3) is 0 Å². The predicted molar refractivity (Wildman–Crippen MR) is 98.0 cm³/mol. The molecule has 0 bridgehead atoms. The molecule has 0 unspecified atom stereocenters. The molecule has 5 heteroatoms. The van der Waals surface area contributed by atoms with Crippen molar-refractivity contribution >= 4 is 17.7 Å². The molecule has 1 rings (SSSR count). The predicted octanol–water partition coefficient (Wildman–Crippen LogP) is 3.28. The molecule has 0 aliphatic carbocycles. The highest BCUT2D eigenvalue weighted by Gasteiger charge is 2.16. The van der Waals surface area contributed by atoms with E-state index >= 15 is 0 Å². The number of rotatable bonds is 7. The monoisotopic (exact) mass is 323 g/mol. The van der Waals surface area contributed by atoms with Crippen molar-refractivity contribution in [1.82, 2.24) is 10.6 Å². The minimum absolute atomic E-state index is 0.183. The second kappa shape index (κ2) is 8.93. The van der Waals surface area contributed by atoms with E-state index in [1.165, 1.54) is 5.56 Å². The maximum atomic E-state index is 5.72. The van der Waals surface area contributed by atoms with E-state index in [1.54, 1.807) is 7.05 Å². The zero-order chi connectivity index (χ0) is 16.6. The lowest BCUT2D eigenvalue weighted by Gasteiger charge is -2.23. The minimum Gasteiger partial charge on any atom is -0.491 e. The highest BCUT2D eigenvalue weighted by atomic mass is 32.2. The van der Waals surface area contributed by atoms with Crippen molar-refractivity contribution < 1.29 is 4.74 Å². The van der Waals surface area contributed by atoms with Crippen LogP contribution in [0.1, 0.15) is 33.3 Å². The van der Waals surface area contributed by atoms with Gasteiger partial charge in [-0.05, 0) is 51.6 Å². The fraction of sp³-hybridized carbons (Fsp3) is 0.588. The van der Waals surface area contributed by atoms with Crippen LogP contribution in [-0.2, 0) is 6.54 Å². The summed E-state index contributed by atoms with van der Waals surface area (Å²) in [4.78, 5) is 4.27. The normalized spacial score (nSPS) is 12.4. The molecule has 1 aromatic rings. The highest BCUT2D eigenvalue weighted by Crippen LogP contribution is 2.19. The Bertz CT molecular complexity index is 487. The van der Waals surface area contributed by atoms with Gasteiger partial charge in [-0.15, -0.1) is 0 Å². The van der Waals surface area contributed by atoms with E-state index < -0.39 is 0 Å². The van der Waals surface area contributed by atoms with Gasteiger partial charge < -0.3 is 15.4 Å². The van der Waals surface area contributed by atoms with Crippen molar-refractivity contribution in [2.75, 3.05) is 19.8 Å². The van der Waals surface area contributed by atoms with Crippen molar-refractivity contribution in [1.29, 1.82) is 0 Å². The number of hydrogen-bond donors (Lipinski definition) is 2. The summed E-state index contributed by atoms with van der Waals surface area (Å²) in [5.41, 5.74) is 1.17. The van der Waals surface area contributed by atoms with Crippen molar-refractivity contribution in [3.63, 3.8) is 0 Å². The number of hydrogen-bond acceptors (Lipinski definition) is 3. The first-order chi connectivity index (χ1) is 10.4. The van der Waals surface area contributed by atoms with Gasteiger partial charge in [0.15, 0.2) is 5.96 Å². The van der Waals surface area contributed by atoms with Crippen LogP contribution in [0.4, 0.5) is 0 Å². The van der Waals surface area contributed by atoms with Gasteiger partial charge in [-0.25, -0.2) is 0 Å². The second-order valence-corrected chi connectivity index (χ2v) is 7.57. The Morgan fingerprint density at radius 3 is 2.64 bits per heavy atom. The summed E-state index contributed by atoms with van der Waals surface area (Å²) >= 11 is 1.84. The quantitative estimate of drug-likeness (QED) is 0.597. The summed E-state index contributed by atoms with van der Waals surface area (Å²) in [6.07, 6.45) is 2.31. The molecule has 2 N–H and O–H groups in total. The molecular formula is C17H29N3OS. The zero-order valence-electron chi connectivity index (χ0n) is 14.6. The van der Waals surface area contributed by atoms with Gasteiger partial charge in [-0.1, -0.05) is 12.1 Å². The Balaban J connectivity index is 2.53. The van der Waals surface area contributed by atoms with Gasteiger partial charge in [-0.2, -0.15) is 11.8 Å². The van der Waals surface area contributed by atoms with Crippen LogP contribution >= 0.6 is 11.8 Å². The molecule has 0 fully saturated rings. The number of guanidine groups is 1. The number of aliphatic imine (C=N–C) groups is 1. The van der Waals surface area contributed by atoms with Gasteiger partial charge in [0.2, 0.25) is 0 Å². The SMILES string of the molecule is CN=C(NCc1cccc(OC(C)C)c1)NCC(C)(C)SC. The largest absolute Gasteiger partial charge is 0.491 e. The molecule has 0 aliphatic rings. The van der Waals surface area contributed by atoms with E-state index in [0.717, 1.165) is 18.3 Å². The summed E-state index contributed by atoms with van der Waals surface area (Å²) in [6, 6.07) is 8.14. The van der Waals surface area contributed by atoms with Crippen LogP contribution in [-0.4, -0.2) is 36.7 Å². The molecule has 0 aromatic heterocycles. The van der Waals surface area contributed by atoms with E-state index in [1.807, 2.05) is 37.7 Å². The Morgan fingerprint density at radius 1 is 1.32 bits per heavy atom. The fourth-order valence-corrected chi connectivity index (χ4v) is 1.99. The van der Waals surface area contributed by atoms with Crippen LogP contribution in [0.15, 0.2) is 29.3 Å². The van der Waals surface area contributed by atoms with Crippen LogP contribution < -0.4 is 15.4 Å². The highest BCUT2D eigenvalue weighted by molar-refractivity contribution is 7.99. The van der Waals surface area contributed by atoms with E-state index in [4.69, 9.17) is 4.74 Å². The maximum Gasteiger partial charge on any atom is 0.191 e. The topological polar surface area (TPSA) is 45.7 Å². The van der Waals surface area contributed by atoms with E-state index in [-0.39, 0.29) is 10.9 Å². The zero-order valence-corrected chi connectivity index (χ0v) is 15.4. The summed E-state index contributed by atoms with van der Waals surface area (Å²) in [7, 11) is 1.79. The number of nitrogens with one attached hydrogen (secondary N) is 2. The van der Waals surface area contributed by atoms with Crippen LogP contribution in [0.3, 0.4) is 0 Å². The number of ether oxygens (including phenoxy) is 1. The van der Waals surface area contributed by atoms with E-state index in [2.05, 4.69) is 47.9 Å². The maximum absolute atomic E-state index is 5.72. The van der Waals surface area contributed by atoms with Gasteiger partial charge in [0, 0.05) is 24.9 Å². The Morgan fingerprint density at radius 2 is 2.05 bits per heavy atom. The molecular weight excluding hydrogens is 294 g/mol. The molecule has 0 amide bonds. The van der Waals surface area contributed by atoms with Crippen molar-refractivity contribution in [3.8, 4) is 5.75 Å². The van der Waals surface area contributed by atoms with Crippen LogP contribution in [0.25, 0.3) is 0 Å². The standard InChI is InChI=1S/C17H29N3OS/c1-13(2)21-15-9-7-8-14(10-15)11-19-16(18-5)20-12-17(3,4)22-6/h7-10,13H,11-12H2,1-6H3,(H2,18,19,20). The van der Waals surface area contributed by atoms with Crippen molar-refractivity contribution in [2.24, 2.45) is 4.99 Å². The van der Waals surface area contributed by atoms with Crippen molar-refractivity contribution in [3.05, 3.63) is 29.8 Å². The van der Waals surface area contributed by atoms with Gasteiger partial charge in [0.1, 0.15) is 5.75 Å². The molecule has 0 saturated heterocycles. The Labute approximate surface area is 139 Å². The summed E-state index contributed by atoms with van der Waals surface area (Å²) in [5, 5.41) is 6.70. The Kier molecular flexibility index (Phi) is 7.59. The number of benzene rings is 1. The fourth-order valence-electron chi connectivity index (χ4n) is 1.78. The first kappa shape index (κ1) is 18.7. The first-order valence-electron chi connectivity index (χ1n) is 7.61. The molecule has 0 heterocycles. The minimum atomic E-state index is 0.183. The molecule has 124 valence electrons. The molecule has 0 saturated carbocycles. The third kappa shape index (κ3) is 7.07. The summed E-state index contributed by atoms with van der Waals surface area (Å²) in [6.45, 7) is 10.1. The summed E-state index contributed by atoms with van der Waals surface area (Å²) in [5.74, 6) is 1.72. The molecule has 22 heavy (non-hydrogen) atoms. The lowest BCUT2D eigenvalue weighted by Crippen LogP contribution is -2.42. The molecule has 0 aliphatic heterocycles. The van der Waals surface area contributed by atoms with Crippen molar-refractivity contribution in [2.45, 2.75) is 45.1 Å². The van der Waals surface area contributed by atoms with Gasteiger partial charge in [-0.3, -0.25) is 4.99 Å². The third-order valence-corrected chi connectivity index (χ3v) is 4.44. The first-order valence-corrected chi connectivity index (χ1v) is 8.84. The number of nitrogens with zero attached hydrogens (tertiary/aromatic N) is 1. The lowest BCUT2D eigenvalue weighted by molar-refractivity contribution is 0.242. The molecule has 0 atom stereocenters. The van der Waals surface area contributed by atoms with Crippen LogP contribution in [0.5, 0.6) is 5.75 Å². The van der Waals surface area contributed by atoms with E-state index in [9.17, 15) is 0 Å². The van der Waals surface area contributed by atoms with Crippen LogP contribution in [0, 0.1) is 0 Å². The summed E-state index contributed by atoms with van der Waals surface area (Å²) < 4.78 is 5.90. The Hall–Kier alpha value is -1.36. The van der Waals surface area contributed by atoms with Crippen LogP contribution in [0.2, 0.25) is 0 Å².